The highest BCUT2D eigenvalue weighted by atomic mass is 32.1. The number of aromatic nitrogens is 3. The van der Waals surface area contributed by atoms with Crippen molar-refractivity contribution in [1.82, 2.24) is 14.3 Å². The smallest absolute Gasteiger partial charge is 0.321 e. The Labute approximate surface area is 181 Å². The minimum atomic E-state index is -4.46. The zero-order valence-corrected chi connectivity index (χ0v) is 18.4. The number of alkyl halides is 3. The summed E-state index contributed by atoms with van der Waals surface area (Å²) in [4.78, 5) is 17.9. The van der Waals surface area contributed by atoms with Gasteiger partial charge < -0.3 is 4.57 Å². The second-order valence-corrected chi connectivity index (χ2v) is 8.60. The molecule has 0 fully saturated rings. The van der Waals surface area contributed by atoms with Crippen LogP contribution >= 0.6 is 11.3 Å². The molecule has 1 aromatic carbocycles. The Morgan fingerprint density at radius 1 is 1.19 bits per heavy atom. The van der Waals surface area contributed by atoms with Crippen LogP contribution in [-0.4, -0.2) is 20.1 Å². The van der Waals surface area contributed by atoms with Gasteiger partial charge in [0.2, 0.25) is 0 Å². The number of carbonyl (C=O) groups is 1. The van der Waals surface area contributed by atoms with E-state index >= 15 is 0 Å². The van der Waals surface area contributed by atoms with Crippen LogP contribution in [0, 0.1) is 6.92 Å². The van der Waals surface area contributed by atoms with Crippen molar-refractivity contribution in [3.8, 4) is 5.69 Å². The van der Waals surface area contributed by atoms with Gasteiger partial charge in [-0.3, -0.25) is 4.79 Å². The lowest BCUT2D eigenvalue weighted by Crippen LogP contribution is -2.14. The Bertz CT molecular complexity index is 1200. The summed E-state index contributed by atoms with van der Waals surface area (Å²) >= 11 is 1.34. The second-order valence-electron chi connectivity index (χ2n) is 7.62. The van der Waals surface area contributed by atoms with Crippen LogP contribution in [0.1, 0.15) is 59.0 Å². The predicted molar refractivity (Wildman–Crippen MR) is 113 cm³/mol. The van der Waals surface area contributed by atoms with Gasteiger partial charge in [-0.05, 0) is 63.8 Å². The summed E-state index contributed by atoms with van der Waals surface area (Å²) in [5, 5.41) is 3.93. The lowest BCUT2D eigenvalue weighted by Gasteiger charge is -2.14. The van der Waals surface area contributed by atoms with Crippen molar-refractivity contribution in [2.24, 2.45) is 4.99 Å². The molecular weight excluding hydrogens is 425 g/mol. The molecule has 0 amide bonds. The van der Waals surface area contributed by atoms with Crippen molar-refractivity contribution >= 4 is 22.8 Å². The zero-order chi connectivity index (χ0) is 22.3. The first kappa shape index (κ1) is 21.5. The topological polar surface area (TPSA) is 52.2 Å². The van der Waals surface area contributed by atoms with Gasteiger partial charge in [0.05, 0.1) is 16.3 Å². The van der Waals surface area contributed by atoms with Crippen molar-refractivity contribution in [1.29, 1.82) is 0 Å². The summed E-state index contributed by atoms with van der Waals surface area (Å²) in [5.41, 5.74) is 2.33. The maximum atomic E-state index is 13.5. The summed E-state index contributed by atoms with van der Waals surface area (Å²) in [7, 11) is 0. The van der Waals surface area contributed by atoms with Crippen LogP contribution in [0.15, 0.2) is 29.3 Å². The fraction of sp³-hybridized carbons (Fsp3) is 0.409. The molecule has 1 aliphatic carbocycles. The molecule has 31 heavy (non-hydrogen) atoms. The number of hydrogen-bond donors (Lipinski definition) is 0. The Kier molecular flexibility index (Phi) is 5.63. The minimum Gasteiger partial charge on any atom is -0.321 e. The van der Waals surface area contributed by atoms with E-state index in [1.807, 2.05) is 18.4 Å². The number of Topliss-reactive ketones (excluding diaryl/α,β-unsaturated/α-hetero) is 1. The Morgan fingerprint density at radius 2 is 1.87 bits per heavy atom. The van der Waals surface area contributed by atoms with Crippen LogP contribution in [0.2, 0.25) is 0 Å². The highest BCUT2D eigenvalue weighted by molar-refractivity contribution is 7.11. The predicted octanol–water partition coefficient (Wildman–Crippen LogP) is 5.40. The maximum Gasteiger partial charge on any atom is 0.435 e. The van der Waals surface area contributed by atoms with Crippen molar-refractivity contribution < 1.29 is 18.0 Å². The third-order valence-electron chi connectivity index (χ3n) is 5.56. The summed E-state index contributed by atoms with van der Waals surface area (Å²) < 4.78 is 43.8. The van der Waals surface area contributed by atoms with Gasteiger partial charge in [0, 0.05) is 30.4 Å². The number of halogens is 3. The molecule has 0 bridgehead atoms. The molecule has 9 heteroatoms. The maximum absolute atomic E-state index is 13.5. The molecule has 0 unspecified atom stereocenters. The summed E-state index contributed by atoms with van der Waals surface area (Å²) in [5.74, 6) is 0.00502. The number of nitrogens with zero attached hydrogens (tertiary/aromatic N) is 4. The number of ketones is 1. The highest BCUT2D eigenvalue weighted by Gasteiger charge is 2.39. The van der Waals surface area contributed by atoms with Gasteiger partial charge in [0.1, 0.15) is 0 Å². The first-order valence-electron chi connectivity index (χ1n) is 10.2. The number of fused-ring (bicyclic) bond motifs is 1. The van der Waals surface area contributed by atoms with E-state index in [2.05, 4.69) is 10.1 Å². The molecule has 2 aromatic heterocycles. The van der Waals surface area contributed by atoms with E-state index in [0.29, 0.717) is 51.7 Å². The minimum absolute atomic E-state index is 0.00502. The summed E-state index contributed by atoms with van der Waals surface area (Å²) in [6.45, 7) is 6.12. The van der Waals surface area contributed by atoms with Gasteiger partial charge in [-0.2, -0.15) is 18.3 Å². The van der Waals surface area contributed by atoms with E-state index < -0.39 is 11.9 Å². The van der Waals surface area contributed by atoms with Gasteiger partial charge >= 0.3 is 6.18 Å². The second kappa shape index (κ2) is 8.11. The number of rotatable bonds is 4. The van der Waals surface area contributed by atoms with E-state index in [4.69, 9.17) is 0 Å². The zero-order valence-electron chi connectivity index (χ0n) is 17.6. The highest BCUT2D eigenvalue weighted by Crippen LogP contribution is 2.37. The average Bonchev–Trinajstić information content (AvgIpc) is 3.26. The summed E-state index contributed by atoms with van der Waals surface area (Å²) in [6, 6.07) is 7.01. The number of hydrogen-bond acceptors (Lipinski definition) is 4. The van der Waals surface area contributed by atoms with Gasteiger partial charge in [-0.25, -0.2) is 9.67 Å². The Balaban J connectivity index is 1.74. The molecule has 2 heterocycles. The fourth-order valence-electron chi connectivity index (χ4n) is 4.09. The molecule has 0 aliphatic heterocycles. The fourth-order valence-corrected chi connectivity index (χ4v) is 5.20. The van der Waals surface area contributed by atoms with Crippen LogP contribution in [0.3, 0.4) is 0 Å². The molecule has 3 aromatic rings. The molecule has 0 radical (unpaired) electrons. The van der Waals surface area contributed by atoms with Crippen molar-refractivity contribution in [2.45, 2.75) is 59.2 Å². The number of benzene rings is 1. The number of carbonyl (C=O) groups excluding carboxylic acids is 1. The normalized spacial score (nSPS) is 14.7. The number of thiazole rings is 1. The van der Waals surface area contributed by atoms with Gasteiger partial charge in [0.25, 0.3) is 0 Å². The first-order chi connectivity index (χ1) is 14.7. The molecule has 1 aliphatic rings. The molecule has 164 valence electrons. The molecule has 0 atom stereocenters. The average molecular weight is 449 g/mol. The van der Waals surface area contributed by atoms with Crippen LogP contribution in [0.5, 0.6) is 0 Å². The third-order valence-corrected chi connectivity index (χ3v) is 6.84. The molecule has 0 N–H and O–H groups in total. The standard InChI is InChI=1S/C22H23F3N4OS/c1-4-28-13(2)19(14(3)30)31-21(28)26-15-9-11-16(12-10-15)29-18-8-6-5-7-17(18)20(27-29)22(23,24)25/h9-12H,4-8H2,1-3H3. The Hall–Kier alpha value is -2.68. The molecule has 0 spiro atoms. The lowest BCUT2D eigenvalue weighted by atomic mass is 9.95. The molecular formula is C22H23F3N4OS. The summed E-state index contributed by atoms with van der Waals surface area (Å²) in [6.07, 6.45) is -1.86. The Morgan fingerprint density at radius 3 is 2.48 bits per heavy atom. The van der Waals surface area contributed by atoms with Crippen molar-refractivity contribution in [3.63, 3.8) is 0 Å². The van der Waals surface area contributed by atoms with Crippen LogP contribution < -0.4 is 4.80 Å². The van der Waals surface area contributed by atoms with Crippen LogP contribution in [0.25, 0.3) is 5.69 Å². The molecule has 5 nitrogen and oxygen atoms in total. The largest absolute Gasteiger partial charge is 0.435 e. The molecule has 0 saturated carbocycles. The monoisotopic (exact) mass is 448 g/mol. The van der Waals surface area contributed by atoms with Gasteiger partial charge in [0.15, 0.2) is 16.3 Å². The third kappa shape index (κ3) is 3.98. The SMILES string of the molecule is CCn1c(C)c(C(C)=O)sc1=Nc1ccc(-n2nc(C(F)(F)F)c3c2CCCC3)cc1. The van der Waals surface area contributed by atoms with Gasteiger partial charge in [-0.1, -0.05) is 11.3 Å². The molecule has 4 rings (SSSR count). The van der Waals surface area contributed by atoms with E-state index in [1.54, 1.807) is 24.3 Å². The van der Waals surface area contributed by atoms with E-state index in [1.165, 1.54) is 22.9 Å². The van der Waals surface area contributed by atoms with Crippen molar-refractivity contribution in [2.75, 3.05) is 0 Å². The first-order valence-corrected chi connectivity index (χ1v) is 11.1. The van der Waals surface area contributed by atoms with Crippen molar-refractivity contribution in [3.05, 3.63) is 56.6 Å². The van der Waals surface area contributed by atoms with E-state index in [9.17, 15) is 18.0 Å². The van der Waals surface area contributed by atoms with Gasteiger partial charge in [-0.15, -0.1) is 0 Å². The lowest BCUT2D eigenvalue weighted by molar-refractivity contribution is -0.142. The van der Waals surface area contributed by atoms with E-state index in [0.717, 1.165) is 18.5 Å². The quantitative estimate of drug-likeness (QED) is 0.502. The van der Waals surface area contributed by atoms with E-state index in [-0.39, 0.29) is 5.78 Å². The van der Waals surface area contributed by atoms with Crippen LogP contribution in [0.4, 0.5) is 18.9 Å². The van der Waals surface area contributed by atoms with Crippen LogP contribution in [-0.2, 0) is 25.6 Å². The molecule has 0 saturated heterocycles.